The molecule has 0 unspecified atom stereocenters. The molecule has 5 rings (SSSR count). The number of hydrogen-bond donors (Lipinski definition) is 0. The highest BCUT2D eigenvalue weighted by Crippen LogP contribution is 2.58. The largest absolute Gasteiger partial charge is 0.416 e. The van der Waals surface area contributed by atoms with Crippen LogP contribution in [0.3, 0.4) is 0 Å². The predicted octanol–water partition coefficient (Wildman–Crippen LogP) is 5.87. The molecule has 168 valence electrons. The summed E-state index contributed by atoms with van der Waals surface area (Å²) in [5.74, 6) is -0.775. The van der Waals surface area contributed by atoms with E-state index in [0.29, 0.717) is 12.1 Å². The molecule has 1 saturated heterocycles. The van der Waals surface area contributed by atoms with Crippen LogP contribution in [0.1, 0.15) is 43.0 Å². The molecule has 2 heterocycles. The maximum absolute atomic E-state index is 12.9. The van der Waals surface area contributed by atoms with Gasteiger partial charge in [0.2, 0.25) is 0 Å². The Morgan fingerprint density at radius 1 is 1.12 bits per heavy atom. The molecule has 4 nitrogen and oxygen atoms in total. The van der Waals surface area contributed by atoms with Crippen LogP contribution in [0.4, 0.5) is 13.2 Å². The van der Waals surface area contributed by atoms with Crippen LogP contribution in [0, 0.1) is 5.41 Å². The summed E-state index contributed by atoms with van der Waals surface area (Å²) in [7, 11) is 0. The molecular weight excluding hydrogens is 417 g/mol. The average Bonchev–Trinajstić information content (AvgIpc) is 3.34. The second-order valence-electron chi connectivity index (χ2n) is 8.93. The van der Waals surface area contributed by atoms with Gasteiger partial charge in [0, 0.05) is 11.8 Å². The molecule has 1 aromatic carbocycles. The van der Waals surface area contributed by atoms with Crippen molar-refractivity contribution < 1.29 is 22.6 Å². The summed E-state index contributed by atoms with van der Waals surface area (Å²) in [4.78, 5) is 0. The zero-order valence-electron chi connectivity index (χ0n) is 17.9. The monoisotopic (exact) mass is 442 g/mol. The molecule has 1 saturated carbocycles. The van der Waals surface area contributed by atoms with Crippen molar-refractivity contribution in [3.05, 3.63) is 78.2 Å². The van der Waals surface area contributed by atoms with Crippen molar-refractivity contribution in [2.45, 2.75) is 56.8 Å². The molecule has 0 N–H and O–H groups in total. The number of hydrogen-bond acceptors (Lipinski definition) is 3. The zero-order valence-corrected chi connectivity index (χ0v) is 17.9. The Labute approximate surface area is 185 Å². The van der Waals surface area contributed by atoms with E-state index >= 15 is 0 Å². The van der Waals surface area contributed by atoms with Crippen molar-refractivity contribution in [1.29, 1.82) is 0 Å². The van der Waals surface area contributed by atoms with E-state index in [-0.39, 0.29) is 17.6 Å². The molecule has 0 amide bonds. The molecule has 3 aliphatic rings. The first-order valence-electron chi connectivity index (χ1n) is 10.8. The first-order valence-corrected chi connectivity index (χ1v) is 10.8. The number of ether oxygens (including phenoxy) is 2. The fourth-order valence-electron chi connectivity index (χ4n) is 5.36. The Hall–Kier alpha value is -2.64. The summed E-state index contributed by atoms with van der Waals surface area (Å²) in [5, 5.41) is 4.50. The lowest BCUT2D eigenvalue weighted by atomic mass is 9.62. The van der Waals surface area contributed by atoms with Crippen molar-refractivity contribution in [2.75, 3.05) is 0 Å². The summed E-state index contributed by atoms with van der Waals surface area (Å²) < 4.78 is 53.5. The lowest BCUT2D eigenvalue weighted by Gasteiger charge is -2.51. The molecule has 0 bridgehead atoms. The van der Waals surface area contributed by atoms with E-state index in [2.05, 4.69) is 31.3 Å². The maximum atomic E-state index is 12.9. The Balaban J connectivity index is 1.52. The predicted molar refractivity (Wildman–Crippen MR) is 115 cm³/mol. The Morgan fingerprint density at radius 2 is 1.78 bits per heavy atom. The van der Waals surface area contributed by atoms with Gasteiger partial charge in [-0.3, -0.25) is 0 Å². The van der Waals surface area contributed by atoms with Crippen LogP contribution in [-0.2, 0) is 22.1 Å². The third kappa shape index (κ3) is 3.02. The van der Waals surface area contributed by atoms with E-state index in [1.807, 2.05) is 0 Å². The van der Waals surface area contributed by atoms with Gasteiger partial charge in [-0.1, -0.05) is 24.6 Å². The first kappa shape index (κ1) is 21.2. The van der Waals surface area contributed by atoms with E-state index in [1.165, 1.54) is 17.7 Å². The summed E-state index contributed by atoms with van der Waals surface area (Å²) in [6, 6.07) is 5.09. The Morgan fingerprint density at radius 3 is 2.38 bits per heavy atom. The highest BCUT2D eigenvalue weighted by Gasteiger charge is 2.61. The third-order valence-corrected chi connectivity index (χ3v) is 7.12. The SMILES string of the molecule is C=C[C@H]1OC2(CCCC3=Cc4c(cnn4-c4ccc(C(F)(F)F)cc4)C[C@@]32C)O[C@@H]1C=C. The van der Waals surface area contributed by atoms with E-state index < -0.39 is 17.5 Å². The second kappa shape index (κ2) is 7.18. The van der Waals surface area contributed by atoms with Crippen LogP contribution >= 0.6 is 0 Å². The normalized spacial score (nSPS) is 28.7. The summed E-state index contributed by atoms with van der Waals surface area (Å²) in [5.41, 5.74) is 2.65. The minimum Gasteiger partial charge on any atom is -0.339 e. The lowest BCUT2D eigenvalue weighted by molar-refractivity contribution is -0.243. The van der Waals surface area contributed by atoms with E-state index in [4.69, 9.17) is 9.47 Å². The average molecular weight is 442 g/mol. The highest BCUT2D eigenvalue weighted by atomic mass is 19.4. The quantitative estimate of drug-likeness (QED) is 0.558. The van der Waals surface area contributed by atoms with Crippen molar-refractivity contribution in [2.24, 2.45) is 5.41 Å². The Kier molecular flexibility index (Phi) is 4.76. The van der Waals surface area contributed by atoms with Crippen LogP contribution in [0.2, 0.25) is 0 Å². The molecule has 2 fully saturated rings. The Bertz CT molecular complexity index is 1080. The number of alkyl halides is 3. The van der Waals surface area contributed by atoms with Crippen LogP contribution in [0.25, 0.3) is 11.8 Å². The topological polar surface area (TPSA) is 36.3 Å². The molecule has 0 radical (unpaired) electrons. The zero-order chi connectivity index (χ0) is 22.7. The van der Waals surface area contributed by atoms with Gasteiger partial charge in [-0.25, -0.2) is 4.68 Å². The van der Waals surface area contributed by atoms with Gasteiger partial charge >= 0.3 is 6.18 Å². The van der Waals surface area contributed by atoms with Crippen molar-refractivity contribution in [1.82, 2.24) is 9.78 Å². The van der Waals surface area contributed by atoms with Gasteiger partial charge in [0.25, 0.3) is 0 Å². The molecule has 1 aliphatic heterocycles. The van der Waals surface area contributed by atoms with Crippen molar-refractivity contribution >= 4 is 6.08 Å². The molecule has 2 aromatic rings. The lowest BCUT2D eigenvalue weighted by Crippen LogP contribution is -2.53. The van der Waals surface area contributed by atoms with Gasteiger partial charge in [0.1, 0.15) is 12.2 Å². The minimum absolute atomic E-state index is 0.250. The number of benzene rings is 1. The van der Waals surface area contributed by atoms with Gasteiger partial charge in [0.15, 0.2) is 5.79 Å². The smallest absolute Gasteiger partial charge is 0.339 e. The van der Waals surface area contributed by atoms with Gasteiger partial charge in [-0.2, -0.15) is 18.3 Å². The molecule has 3 atom stereocenters. The van der Waals surface area contributed by atoms with E-state index in [0.717, 1.165) is 42.7 Å². The summed E-state index contributed by atoms with van der Waals surface area (Å²) in [6.45, 7) is 9.95. The number of aromatic nitrogens is 2. The molecule has 2 aliphatic carbocycles. The van der Waals surface area contributed by atoms with Crippen LogP contribution in [-0.4, -0.2) is 27.8 Å². The van der Waals surface area contributed by atoms with Gasteiger partial charge in [0.05, 0.1) is 23.1 Å². The fraction of sp³-hybridized carbons (Fsp3) is 0.400. The highest BCUT2D eigenvalue weighted by molar-refractivity contribution is 5.62. The number of halogens is 3. The fourth-order valence-corrected chi connectivity index (χ4v) is 5.36. The van der Waals surface area contributed by atoms with Gasteiger partial charge in [-0.15, -0.1) is 13.2 Å². The third-order valence-electron chi connectivity index (χ3n) is 7.12. The summed E-state index contributed by atoms with van der Waals surface area (Å²) >= 11 is 0. The second-order valence-corrected chi connectivity index (χ2v) is 8.93. The first-order chi connectivity index (χ1) is 15.2. The van der Waals surface area contributed by atoms with E-state index in [9.17, 15) is 13.2 Å². The van der Waals surface area contributed by atoms with Crippen molar-refractivity contribution in [3.8, 4) is 5.69 Å². The van der Waals surface area contributed by atoms with Gasteiger partial charge in [-0.05, 0) is 55.2 Å². The van der Waals surface area contributed by atoms with Gasteiger partial charge < -0.3 is 9.47 Å². The standard InChI is InChI=1S/C25H25F3N2O2/c1-4-21-22(5-2)32-24(31-21)12-6-7-18-13-20-16(14-23(18,24)3)15-29-30(20)19-10-8-17(9-11-19)25(26,27)28/h4-5,8-11,13,15,21-22H,1-2,6-7,12,14H2,3H3/t21-,22-,23+/m1/s1. The maximum Gasteiger partial charge on any atom is 0.416 e. The molecule has 1 spiro atoms. The molecule has 32 heavy (non-hydrogen) atoms. The number of rotatable bonds is 3. The number of nitrogens with zero attached hydrogens (tertiary/aromatic N) is 2. The van der Waals surface area contributed by atoms with Crippen molar-refractivity contribution in [3.63, 3.8) is 0 Å². The van der Waals surface area contributed by atoms with Crippen LogP contribution < -0.4 is 0 Å². The van der Waals surface area contributed by atoms with Crippen LogP contribution in [0.15, 0.2) is 61.3 Å². The molecule has 1 aromatic heterocycles. The molecule has 7 heteroatoms. The number of fused-ring (bicyclic) bond motifs is 3. The van der Waals surface area contributed by atoms with Crippen LogP contribution in [0.5, 0.6) is 0 Å². The molecular formula is C25H25F3N2O2. The minimum atomic E-state index is -4.36. The summed E-state index contributed by atoms with van der Waals surface area (Å²) in [6.07, 6.45) is 5.83. The van der Waals surface area contributed by atoms with E-state index in [1.54, 1.807) is 23.0 Å².